The zero-order valence-electron chi connectivity index (χ0n) is 16.3. The molecule has 0 unspecified atom stereocenters. The van der Waals surface area contributed by atoms with Crippen LogP contribution >= 0.6 is 0 Å². The Hall–Kier alpha value is -3.09. The second kappa shape index (κ2) is 6.51. The molecule has 4 rings (SSSR count). The Morgan fingerprint density at radius 1 is 1.21 bits per heavy atom. The van der Waals surface area contributed by atoms with Crippen molar-refractivity contribution in [2.75, 3.05) is 5.32 Å². The summed E-state index contributed by atoms with van der Waals surface area (Å²) in [7, 11) is 0. The van der Waals surface area contributed by atoms with Gasteiger partial charge in [0.25, 0.3) is 5.91 Å². The van der Waals surface area contributed by atoms with E-state index in [1.807, 2.05) is 28.9 Å². The third-order valence-electron chi connectivity index (χ3n) is 4.94. The summed E-state index contributed by atoms with van der Waals surface area (Å²) in [5, 5.41) is 17.3. The first-order valence-corrected chi connectivity index (χ1v) is 9.45. The van der Waals surface area contributed by atoms with Crippen molar-refractivity contribution >= 4 is 28.5 Å². The third-order valence-corrected chi connectivity index (χ3v) is 4.94. The topological polar surface area (TPSA) is 89.2 Å². The fourth-order valence-electron chi connectivity index (χ4n) is 3.47. The number of hydrogen-bond acceptors (Lipinski definition) is 3. The highest BCUT2D eigenvalue weighted by atomic mass is 16.4. The molecule has 0 saturated heterocycles. The minimum absolute atomic E-state index is 0.0939. The number of carboxylic acids is 1. The summed E-state index contributed by atoms with van der Waals surface area (Å²) in [4.78, 5) is 23.7. The lowest BCUT2D eigenvalue weighted by Crippen LogP contribution is -2.25. The van der Waals surface area contributed by atoms with Crippen molar-refractivity contribution < 1.29 is 14.7 Å². The molecule has 0 spiro atoms. The molecule has 28 heavy (non-hydrogen) atoms. The lowest BCUT2D eigenvalue weighted by molar-refractivity contribution is -0.137. The van der Waals surface area contributed by atoms with Gasteiger partial charge in [-0.1, -0.05) is 0 Å². The van der Waals surface area contributed by atoms with E-state index in [-0.39, 0.29) is 18.0 Å². The minimum atomic E-state index is -0.893. The van der Waals surface area contributed by atoms with Gasteiger partial charge in [0.05, 0.1) is 5.54 Å². The predicted octanol–water partition coefficient (Wildman–Crippen LogP) is 3.81. The van der Waals surface area contributed by atoms with E-state index in [9.17, 15) is 9.59 Å². The Kier molecular flexibility index (Phi) is 4.25. The van der Waals surface area contributed by atoms with E-state index in [4.69, 9.17) is 5.11 Å². The number of benzene rings is 1. The first kappa shape index (κ1) is 18.3. The molecule has 1 aliphatic carbocycles. The maximum absolute atomic E-state index is 12.8. The van der Waals surface area contributed by atoms with Crippen LogP contribution in [0.3, 0.4) is 0 Å². The number of aliphatic carboxylic acids is 1. The van der Waals surface area contributed by atoms with Gasteiger partial charge in [-0.25, -0.2) is 0 Å². The Morgan fingerprint density at radius 2 is 1.96 bits per heavy atom. The lowest BCUT2D eigenvalue weighted by Gasteiger charge is -2.22. The van der Waals surface area contributed by atoms with Crippen molar-refractivity contribution in [3.63, 3.8) is 0 Å². The maximum Gasteiger partial charge on any atom is 0.323 e. The van der Waals surface area contributed by atoms with Gasteiger partial charge >= 0.3 is 5.97 Å². The van der Waals surface area contributed by atoms with Crippen molar-refractivity contribution in [1.82, 2.24) is 14.3 Å². The Bertz CT molecular complexity index is 1070. The molecule has 0 aliphatic heterocycles. The van der Waals surface area contributed by atoms with Gasteiger partial charge in [0, 0.05) is 34.4 Å². The molecule has 2 heterocycles. The average molecular weight is 380 g/mol. The van der Waals surface area contributed by atoms with Gasteiger partial charge in [-0.15, -0.1) is 0 Å². The van der Waals surface area contributed by atoms with Crippen molar-refractivity contribution in [3.8, 4) is 0 Å². The molecule has 1 fully saturated rings. The lowest BCUT2D eigenvalue weighted by atomic mass is 10.1. The number of carbonyl (C=O) groups excluding carboxylic acids is 1. The average Bonchev–Trinajstić information content (AvgIpc) is 3.22. The summed E-state index contributed by atoms with van der Waals surface area (Å²) in [6.07, 6.45) is 4.02. The molecule has 1 amide bonds. The van der Waals surface area contributed by atoms with Crippen LogP contribution in [-0.2, 0) is 16.9 Å². The minimum Gasteiger partial charge on any atom is -0.480 e. The van der Waals surface area contributed by atoms with Crippen LogP contribution in [0, 0.1) is 0 Å². The normalized spacial score (nSPS) is 14.4. The van der Waals surface area contributed by atoms with Crippen molar-refractivity contribution in [1.29, 1.82) is 0 Å². The van der Waals surface area contributed by atoms with Crippen molar-refractivity contribution in [2.24, 2.45) is 0 Å². The zero-order valence-corrected chi connectivity index (χ0v) is 16.3. The number of aromatic nitrogens is 3. The Labute approximate surface area is 163 Å². The number of rotatable bonds is 5. The number of nitrogens with one attached hydrogen (secondary N) is 1. The van der Waals surface area contributed by atoms with E-state index in [2.05, 4.69) is 31.2 Å². The largest absolute Gasteiger partial charge is 0.480 e. The highest BCUT2D eigenvalue weighted by Gasteiger charge is 2.32. The molecule has 1 aromatic carbocycles. The number of carbonyl (C=O) groups is 2. The Morgan fingerprint density at radius 3 is 2.61 bits per heavy atom. The molecule has 0 radical (unpaired) electrons. The predicted molar refractivity (Wildman–Crippen MR) is 107 cm³/mol. The standard InChI is InChI=1S/C21H24N4O3/c1-21(2,3)25-18(13-4-5-13)11-16(23-25)20(28)22-15-6-7-17-14(10-15)8-9-24(17)12-19(26)27/h6-11,13H,4-5,12H2,1-3H3,(H,22,28)(H,26,27). The summed E-state index contributed by atoms with van der Waals surface area (Å²) in [5.41, 5.74) is 2.83. The van der Waals surface area contributed by atoms with Gasteiger partial charge in [0.1, 0.15) is 6.54 Å². The molecule has 7 nitrogen and oxygen atoms in total. The van der Waals surface area contributed by atoms with Gasteiger partial charge in [-0.3, -0.25) is 14.3 Å². The summed E-state index contributed by atoms with van der Waals surface area (Å²) in [6.45, 7) is 6.17. The summed E-state index contributed by atoms with van der Waals surface area (Å²) >= 11 is 0. The number of carboxylic acid groups (broad SMARTS) is 1. The van der Waals surface area contributed by atoms with Crippen molar-refractivity contribution in [3.05, 3.63) is 47.9 Å². The number of fused-ring (bicyclic) bond motifs is 1. The number of nitrogens with zero attached hydrogens (tertiary/aromatic N) is 3. The van der Waals surface area contributed by atoms with E-state index >= 15 is 0 Å². The number of hydrogen-bond donors (Lipinski definition) is 2. The first-order valence-electron chi connectivity index (χ1n) is 9.45. The van der Waals surface area contributed by atoms with Gasteiger partial charge in [0.15, 0.2) is 5.69 Å². The molecule has 1 saturated carbocycles. The molecule has 1 aliphatic rings. The monoisotopic (exact) mass is 380 g/mol. The molecular weight excluding hydrogens is 356 g/mol. The molecule has 0 bridgehead atoms. The maximum atomic E-state index is 12.8. The van der Waals surface area contributed by atoms with Gasteiger partial charge < -0.3 is 15.0 Å². The van der Waals surface area contributed by atoms with Crippen LogP contribution in [0.5, 0.6) is 0 Å². The van der Waals surface area contributed by atoms with Crippen molar-refractivity contribution in [2.45, 2.75) is 51.6 Å². The fourth-order valence-corrected chi connectivity index (χ4v) is 3.47. The summed E-state index contributed by atoms with van der Waals surface area (Å²) in [5.74, 6) is -0.636. The zero-order chi connectivity index (χ0) is 20.1. The first-order chi connectivity index (χ1) is 13.2. The molecular formula is C21H24N4O3. The smallest absolute Gasteiger partial charge is 0.323 e. The van der Waals surface area contributed by atoms with Crippen LogP contribution in [0.1, 0.15) is 55.7 Å². The molecule has 2 N–H and O–H groups in total. The molecule has 0 atom stereocenters. The molecule has 7 heteroatoms. The highest BCUT2D eigenvalue weighted by molar-refractivity contribution is 6.04. The van der Waals surface area contributed by atoms with Gasteiger partial charge in [-0.05, 0) is 63.9 Å². The summed E-state index contributed by atoms with van der Waals surface area (Å²) in [6, 6.07) is 9.18. The van der Waals surface area contributed by atoms with Gasteiger partial charge in [-0.2, -0.15) is 5.10 Å². The SMILES string of the molecule is CC(C)(C)n1nc(C(=O)Nc2ccc3c(ccn3CC(=O)O)c2)cc1C1CC1. The van der Waals surface area contributed by atoms with E-state index < -0.39 is 5.97 Å². The van der Waals surface area contributed by atoms with Crippen LogP contribution in [0.15, 0.2) is 36.5 Å². The van der Waals surface area contributed by atoms with Crippen LogP contribution in [0.25, 0.3) is 10.9 Å². The van der Waals surface area contributed by atoms with Gasteiger partial charge in [0.2, 0.25) is 0 Å². The summed E-state index contributed by atoms with van der Waals surface area (Å²) < 4.78 is 3.63. The molecule has 2 aromatic heterocycles. The van der Waals surface area contributed by atoms with Crippen LogP contribution in [0.4, 0.5) is 5.69 Å². The number of anilines is 1. The van der Waals surface area contributed by atoms with E-state index in [0.717, 1.165) is 29.4 Å². The second-order valence-electron chi connectivity index (χ2n) is 8.38. The fraction of sp³-hybridized carbons (Fsp3) is 0.381. The highest BCUT2D eigenvalue weighted by Crippen LogP contribution is 2.41. The number of amides is 1. The second-order valence-corrected chi connectivity index (χ2v) is 8.38. The van der Waals surface area contributed by atoms with Crippen LogP contribution in [-0.4, -0.2) is 31.3 Å². The van der Waals surface area contributed by atoms with Crippen LogP contribution in [0.2, 0.25) is 0 Å². The molecule has 146 valence electrons. The Balaban J connectivity index is 1.57. The quantitative estimate of drug-likeness (QED) is 0.704. The van der Waals surface area contributed by atoms with E-state index in [1.54, 1.807) is 16.8 Å². The van der Waals surface area contributed by atoms with Crippen LogP contribution < -0.4 is 5.32 Å². The molecule has 3 aromatic rings. The van der Waals surface area contributed by atoms with E-state index in [0.29, 0.717) is 17.3 Å². The van der Waals surface area contributed by atoms with E-state index in [1.165, 1.54) is 0 Å². The third kappa shape index (κ3) is 3.52.